The van der Waals surface area contributed by atoms with Gasteiger partial charge in [-0.3, -0.25) is 19.2 Å². The Kier molecular flexibility index (Phi) is 6.49. The highest BCUT2D eigenvalue weighted by Gasteiger charge is 2.32. The molecule has 0 saturated carbocycles. The molecule has 0 radical (unpaired) electrons. The van der Waals surface area contributed by atoms with Gasteiger partial charge in [0.15, 0.2) is 12.4 Å². The molecule has 1 atom stereocenters. The molecule has 0 fully saturated rings. The van der Waals surface area contributed by atoms with E-state index in [0.717, 1.165) is 11.8 Å². The van der Waals surface area contributed by atoms with Crippen LogP contribution in [0, 0.1) is 10.1 Å². The van der Waals surface area contributed by atoms with Gasteiger partial charge in [-0.2, -0.15) is 0 Å². The number of ketones is 1. The van der Waals surface area contributed by atoms with E-state index < -0.39 is 14.9 Å². The Balaban J connectivity index is 1.57. The number of nitro groups is 1. The lowest BCUT2D eigenvalue weighted by Gasteiger charge is -2.21. The number of anilines is 1. The van der Waals surface area contributed by atoms with Crippen LogP contribution in [0.15, 0.2) is 60.7 Å². The molecule has 9 nitrogen and oxygen atoms in total. The van der Waals surface area contributed by atoms with Gasteiger partial charge in [0.1, 0.15) is 11.5 Å². The Hall–Kier alpha value is -3.92. The van der Waals surface area contributed by atoms with Crippen molar-refractivity contribution in [2.75, 3.05) is 24.3 Å². The first-order chi connectivity index (χ1) is 16.6. The lowest BCUT2D eigenvalue weighted by molar-refractivity contribution is -0.384. The Bertz CT molecular complexity index is 1400. The number of benzene rings is 3. The smallest absolute Gasteiger partial charge is 0.270 e. The van der Waals surface area contributed by atoms with Gasteiger partial charge in [-0.1, -0.05) is 12.1 Å². The van der Waals surface area contributed by atoms with Gasteiger partial charge in [0, 0.05) is 29.3 Å². The number of hydrogen-bond donors (Lipinski definition) is 0. The first-order valence-electron chi connectivity index (χ1n) is 10.8. The summed E-state index contributed by atoms with van der Waals surface area (Å²) in [5.41, 5.74) is 2.81. The van der Waals surface area contributed by atoms with Gasteiger partial charge in [-0.25, -0.2) is 8.42 Å². The summed E-state index contributed by atoms with van der Waals surface area (Å²) in [6.45, 7) is 1.53. The summed E-state index contributed by atoms with van der Waals surface area (Å²) in [4.78, 5) is 23.7. The summed E-state index contributed by atoms with van der Waals surface area (Å²) in [6.07, 6.45) is 1.67. The van der Waals surface area contributed by atoms with Gasteiger partial charge < -0.3 is 9.47 Å². The van der Waals surface area contributed by atoms with E-state index in [4.69, 9.17) is 9.47 Å². The van der Waals surface area contributed by atoms with Crippen LogP contribution >= 0.6 is 0 Å². The van der Waals surface area contributed by atoms with Crippen LogP contribution in [-0.4, -0.2) is 45.1 Å². The highest BCUT2D eigenvalue weighted by molar-refractivity contribution is 7.92. The largest absolute Gasteiger partial charge is 0.497 e. The second-order valence-electron chi connectivity index (χ2n) is 8.33. The van der Waals surface area contributed by atoms with E-state index in [-0.39, 0.29) is 24.1 Å². The number of rotatable bonds is 8. The zero-order valence-electron chi connectivity index (χ0n) is 19.4. The second-order valence-corrected chi connectivity index (χ2v) is 10.2. The van der Waals surface area contributed by atoms with E-state index in [1.165, 1.54) is 22.5 Å². The third kappa shape index (κ3) is 4.97. The maximum Gasteiger partial charge on any atom is 0.270 e. The molecule has 1 heterocycles. The SMILES string of the molecule is COc1ccc(-c2cc([N+](=O)[O-])ccc2OCC(=O)c2ccc3c(c2)CC(C)N3S(C)(=O)=O)cc1. The Morgan fingerprint density at radius 3 is 2.46 bits per heavy atom. The van der Waals surface area contributed by atoms with Crippen LogP contribution in [0.25, 0.3) is 11.1 Å². The molecular weight excluding hydrogens is 472 g/mol. The molecule has 0 aromatic heterocycles. The molecule has 1 aliphatic rings. The monoisotopic (exact) mass is 496 g/mol. The number of fused-ring (bicyclic) bond motifs is 1. The van der Waals surface area contributed by atoms with E-state index in [0.29, 0.717) is 40.3 Å². The molecule has 0 aliphatic carbocycles. The van der Waals surface area contributed by atoms with Gasteiger partial charge in [0.25, 0.3) is 5.69 Å². The van der Waals surface area contributed by atoms with E-state index in [2.05, 4.69) is 0 Å². The summed E-state index contributed by atoms with van der Waals surface area (Å²) >= 11 is 0. The second kappa shape index (κ2) is 9.38. The quantitative estimate of drug-likeness (QED) is 0.260. The molecule has 0 N–H and O–H groups in total. The highest BCUT2D eigenvalue weighted by Crippen LogP contribution is 2.36. The molecule has 1 aliphatic heterocycles. The van der Waals surface area contributed by atoms with Gasteiger partial charge in [0.2, 0.25) is 10.0 Å². The third-order valence-corrected chi connectivity index (χ3v) is 7.12. The molecule has 0 spiro atoms. The fraction of sp³-hybridized carbons (Fsp3) is 0.240. The van der Waals surface area contributed by atoms with Crippen LogP contribution in [0.4, 0.5) is 11.4 Å². The fourth-order valence-electron chi connectivity index (χ4n) is 4.26. The summed E-state index contributed by atoms with van der Waals surface area (Å²) in [5.74, 6) is 0.668. The first kappa shape index (κ1) is 24.2. The summed E-state index contributed by atoms with van der Waals surface area (Å²) < 4.78 is 36.6. The maximum absolute atomic E-state index is 12.9. The zero-order chi connectivity index (χ0) is 25.3. The number of nitro benzene ring substituents is 1. The Morgan fingerprint density at radius 1 is 1.11 bits per heavy atom. The Morgan fingerprint density at radius 2 is 1.83 bits per heavy atom. The molecule has 1 unspecified atom stereocenters. The summed E-state index contributed by atoms with van der Waals surface area (Å²) in [7, 11) is -1.88. The minimum atomic E-state index is -3.42. The predicted octanol–water partition coefficient (Wildman–Crippen LogP) is 4.24. The van der Waals surface area contributed by atoms with Crippen LogP contribution in [0.1, 0.15) is 22.8 Å². The average molecular weight is 497 g/mol. The van der Waals surface area contributed by atoms with E-state index in [1.54, 1.807) is 49.6 Å². The van der Waals surface area contributed by atoms with Gasteiger partial charge in [-0.05, 0) is 60.9 Å². The first-order valence-corrected chi connectivity index (χ1v) is 12.6. The van der Waals surface area contributed by atoms with Crippen LogP contribution in [-0.2, 0) is 16.4 Å². The van der Waals surface area contributed by atoms with Gasteiger partial charge >= 0.3 is 0 Å². The molecule has 4 rings (SSSR count). The molecule has 0 saturated heterocycles. The number of ether oxygens (including phenoxy) is 2. The topological polar surface area (TPSA) is 116 Å². The third-order valence-electron chi connectivity index (χ3n) is 5.85. The predicted molar refractivity (Wildman–Crippen MR) is 132 cm³/mol. The Labute approximate surface area is 203 Å². The lowest BCUT2D eigenvalue weighted by atomic mass is 10.0. The molecule has 10 heteroatoms. The van der Waals surface area contributed by atoms with Crippen molar-refractivity contribution in [3.05, 3.63) is 81.9 Å². The maximum atomic E-state index is 12.9. The molecule has 35 heavy (non-hydrogen) atoms. The van der Waals surface area contributed by atoms with Crippen molar-refractivity contribution in [2.24, 2.45) is 0 Å². The summed E-state index contributed by atoms with van der Waals surface area (Å²) in [6, 6.07) is 15.9. The molecule has 182 valence electrons. The number of hydrogen-bond acceptors (Lipinski definition) is 7. The summed E-state index contributed by atoms with van der Waals surface area (Å²) in [5, 5.41) is 11.3. The fourth-order valence-corrected chi connectivity index (χ4v) is 5.53. The highest BCUT2D eigenvalue weighted by atomic mass is 32.2. The van der Waals surface area contributed by atoms with E-state index >= 15 is 0 Å². The van der Waals surface area contributed by atoms with E-state index in [1.807, 2.05) is 6.92 Å². The number of carbonyl (C=O) groups is 1. The van der Waals surface area contributed by atoms with E-state index in [9.17, 15) is 23.3 Å². The van der Waals surface area contributed by atoms with Gasteiger partial charge in [-0.15, -0.1) is 0 Å². The molecule has 0 bridgehead atoms. The molecule has 3 aromatic carbocycles. The van der Waals surface area contributed by atoms with Crippen molar-refractivity contribution in [1.29, 1.82) is 0 Å². The van der Waals surface area contributed by atoms with Crippen LogP contribution in [0.3, 0.4) is 0 Å². The molecule has 0 amide bonds. The number of carbonyl (C=O) groups excluding carboxylic acids is 1. The van der Waals surface area contributed by atoms with Crippen LogP contribution < -0.4 is 13.8 Å². The molecular formula is C25H24N2O7S. The minimum Gasteiger partial charge on any atom is -0.497 e. The number of sulfonamides is 1. The van der Waals surface area contributed by atoms with Crippen LogP contribution in [0.5, 0.6) is 11.5 Å². The average Bonchev–Trinajstić information content (AvgIpc) is 3.17. The minimum absolute atomic E-state index is 0.0994. The van der Waals surface area contributed by atoms with Gasteiger partial charge in [0.05, 0.1) is 24.0 Å². The standard InChI is InChI=1S/C25H24N2O7S/c1-16-12-19-13-18(6-10-23(19)26(16)35(3,31)32)24(28)15-34-25-11-7-20(27(29)30)14-22(25)17-4-8-21(33-2)9-5-17/h4-11,13-14,16H,12,15H2,1-3H3. The number of nitrogens with zero attached hydrogens (tertiary/aromatic N) is 2. The normalized spacial score (nSPS) is 14.9. The van der Waals surface area contributed by atoms with Crippen molar-refractivity contribution in [2.45, 2.75) is 19.4 Å². The van der Waals surface area contributed by atoms with Crippen molar-refractivity contribution in [3.63, 3.8) is 0 Å². The van der Waals surface area contributed by atoms with Crippen molar-refractivity contribution in [3.8, 4) is 22.6 Å². The zero-order valence-corrected chi connectivity index (χ0v) is 20.2. The number of Topliss-reactive ketones (excluding diaryl/α,β-unsaturated/α-hetero) is 1. The number of non-ortho nitro benzene ring substituents is 1. The number of methoxy groups -OCH3 is 1. The van der Waals surface area contributed by atoms with Crippen molar-refractivity contribution >= 4 is 27.2 Å². The molecule has 3 aromatic rings. The van der Waals surface area contributed by atoms with Crippen molar-refractivity contribution in [1.82, 2.24) is 0 Å². The van der Waals surface area contributed by atoms with Crippen molar-refractivity contribution < 1.29 is 27.6 Å². The van der Waals surface area contributed by atoms with Crippen LogP contribution in [0.2, 0.25) is 0 Å². The lowest BCUT2D eigenvalue weighted by Crippen LogP contribution is -2.34.